The average molecular weight is 390 g/mol. The van der Waals surface area contributed by atoms with Gasteiger partial charge in [0, 0.05) is 18.2 Å². The molecule has 1 unspecified atom stereocenters. The van der Waals surface area contributed by atoms with E-state index in [1.165, 1.54) is 96.3 Å². The van der Waals surface area contributed by atoms with E-state index in [1.807, 2.05) is 12.2 Å². The van der Waals surface area contributed by atoms with Crippen molar-refractivity contribution in [1.29, 1.82) is 0 Å². The van der Waals surface area contributed by atoms with Crippen molar-refractivity contribution in [1.82, 2.24) is 5.32 Å². The number of hydrogen-bond acceptors (Lipinski definition) is 2. The van der Waals surface area contributed by atoms with Crippen molar-refractivity contribution >= 4 is 6.29 Å². The highest BCUT2D eigenvalue weighted by Crippen LogP contribution is 2.14. The fraction of sp³-hybridized carbons (Fsp3) is 0.731. The molecule has 0 aromatic heterocycles. The van der Waals surface area contributed by atoms with Crippen molar-refractivity contribution in [2.45, 2.75) is 122 Å². The van der Waals surface area contributed by atoms with Gasteiger partial charge in [0.2, 0.25) is 0 Å². The molecule has 0 aromatic carbocycles. The summed E-state index contributed by atoms with van der Waals surface area (Å²) in [5.41, 5.74) is 1.08. The zero-order chi connectivity index (χ0) is 20.7. The molecule has 0 radical (unpaired) electrons. The number of hydrogen-bond donors (Lipinski definition) is 1. The first kappa shape index (κ1) is 26.7. The second-order valence-corrected chi connectivity index (χ2v) is 8.11. The molecule has 0 heterocycles. The Kier molecular flexibility index (Phi) is 21.0. The number of unbranched alkanes of at least 4 members (excludes halogenated alkanes) is 14. The summed E-state index contributed by atoms with van der Waals surface area (Å²) >= 11 is 0. The Hall–Kier alpha value is -1.31. The Bertz CT molecular complexity index is 388. The Morgan fingerprint density at radius 1 is 0.714 bits per heavy atom. The highest BCUT2D eigenvalue weighted by molar-refractivity contribution is 5.49. The van der Waals surface area contributed by atoms with Gasteiger partial charge in [0.1, 0.15) is 6.29 Å². The quantitative estimate of drug-likeness (QED) is 0.109. The van der Waals surface area contributed by atoms with Gasteiger partial charge in [-0.1, -0.05) is 95.8 Å². The predicted octanol–water partition coefficient (Wildman–Crippen LogP) is 8.05. The zero-order valence-electron chi connectivity index (χ0n) is 18.6. The number of rotatable bonds is 23. The van der Waals surface area contributed by atoms with Crippen molar-refractivity contribution in [3.8, 4) is 0 Å². The molecule has 0 fully saturated rings. The van der Waals surface area contributed by atoms with Crippen LogP contribution in [0, 0.1) is 0 Å². The average Bonchev–Trinajstić information content (AvgIpc) is 2.70. The third kappa shape index (κ3) is 19.5. The molecule has 0 spiro atoms. The lowest BCUT2D eigenvalue weighted by atomic mass is 10.0. The van der Waals surface area contributed by atoms with Crippen LogP contribution in [0.15, 0.2) is 37.6 Å². The third-order valence-electron chi connectivity index (χ3n) is 5.41. The van der Waals surface area contributed by atoms with Gasteiger partial charge in [0.15, 0.2) is 0 Å². The van der Waals surface area contributed by atoms with Crippen LogP contribution in [0.4, 0.5) is 0 Å². The van der Waals surface area contributed by atoms with Crippen molar-refractivity contribution in [3.63, 3.8) is 0 Å². The monoisotopic (exact) mass is 389 g/mol. The number of allylic oxidation sites excluding steroid dienone is 2. The third-order valence-corrected chi connectivity index (χ3v) is 5.41. The molecule has 1 N–H and O–H groups in total. The lowest BCUT2D eigenvalue weighted by molar-refractivity contribution is -0.108. The van der Waals surface area contributed by atoms with Crippen molar-refractivity contribution in [2.24, 2.45) is 0 Å². The lowest BCUT2D eigenvalue weighted by Crippen LogP contribution is -2.25. The Labute approximate surface area is 176 Å². The van der Waals surface area contributed by atoms with Crippen molar-refractivity contribution in [3.05, 3.63) is 37.6 Å². The van der Waals surface area contributed by atoms with Gasteiger partial charge in [-0.15, -0.1) is 13.2 Å². The van der Waals surface area contributed by atoms with Gasteiger partial charge in [-0.3, -0.25) is 0 Å². The summed E-state index contributed by atoms with van der Waals surface area (Å²) < 4.78 is 0. The van der Waals surface area contributed by atoms with Crippen LogP contribution in [-0.4, -0.2) is 12.3 Å². The van der Waals surface area contributed by atoms with Gasteiger partial charge >= 0.3 is 0 Å². The fourth-order valence-electron chi connectivity index (χ4n) is 3.58. The van der Waals surface area contributed by atoms with Crippen molar-refractivity contribution in [2.75, 3.05) is 0 Å². The van der Waals surface area contributed by atoms with Gasteiger partial charge in [0.05, 0.1) is 0 Å². The molecule has 0 aliphatic heterocycles. The van der Waals surface area contributed by atoms with Crippen LogP contribution in [0.3, 0.4) is 0 Å². The van der Waals surface area contributed by atoms with E-state index in [2.05, 4.69) is 25.1 Å². The standard InChI is InChI=1S/C26H47NO/c1-4-6-7-8-9-10-11-12-13-14-15-16-17-18-19-20-22-25(3)27-26(5-2)23-21-24-28/h4-5,24,26-27H,1-3,6-23H2. The number of carbonyl (C=O) groups is 1. The molecule has 0 aromatic rings. The molecule has 28 heavy (non-hydrogen) atoms. The topological polar surface area (TPSA) is 29.1 Å². The van der Waals surface area contributed by atoms with Gasteiger partial charge in [-0.05, 0) is 32.1 Å². The van der Waals surface area contributed by atoms with Crippen LogP contribution >= 0.6 is 0 Å². The summed E-state index contributed by atoms with van der Waals surface area (Å²) in [4.78, 5) is 10.5. The first-order valence-electron chi connectivity index (χ1n) is 11.9. The second-order valence-electron chi connectivity index (χ2n) is 8.11. The summed E-state index contributed by atoms with van der Waals surface area (Å²) in [5.74, 6) is 0. The minimum atomic E-state index is 0.176. The smallest absolute Gasteiger partial charge is 0.120 e. The molecular weight excluding hydrogens is 342 g/mol. The van der Waals surface area contributed by atoms with Crippen LogP contribution < -0.4 is 5.32 Å². The summed E-state index contributed by atoms with van der Waals surface area (Å²) in [6.07, 6.45) is 27.7. The summed E-state index contributed by atoms with van der Waals surface area (Å²) in [6.45, 7) is 11.7. The number of nitrogens with one attached hydrogen (secondary N) is 1. The fourth-order valence-corrected chi connectivity index (χ4v) is 3.58. The normalized spacial score (nSPS) is 11.7. The molecular formula is C26H47NO. The van der Waals surface area contributed by atoms with E-state index in [-0.39, 0.29) is 6.04 Å². The maximum Gasteiger partial charge on any atom is 0.120 e. The van der Waals surface area contributed by atoms with Gasteiger partial charge in [-0.25, -0.2) is 0 Å². The van der Waals surface area contributed by atoms with E-state index in [0.717, 1.165) is 24.8 Å². The Morgan fingerprint density at radius 2 is 1.18 bits per heavy atom. The second kappa shape index (κ2) is 22.0. The molecule has 0 saturated carbocycles. The number of carbonyl (C=O) groups excluding carboxylic acids is 1. The lowest BCUT2D eigenvalue weighted by Gasteiger charge is -2.17. The molecule has 2 nitrogen and oxygen atoms in total. The van der Waals surface area contributed by atoms with Crippen LogP contribution in [0.2, 0.25) is 0 Å². The van der Waals surface area contributed by atoms with E-state index in [0.29, 0.717) is 6.42 Å². The Balaban J connectivity index is 3.28. The SMILES string of the molecule is C=CCCCCCCCCCCCCCCCCC(=C)NC(C=C)CCC=O. The highest BCUT2D eigenvalue weighted by Gasteiger charge is 2.04. The molecule has 0 rings (SSSR count). The first-order chi connectivity index (χ1) is 13.7. The summed E-state index contributed by atoms with van der Waals surface area (Å²) in [6, 6.07) is 0.176. The maximum atomic E-state index is 10.5. The van der Waals surface area contributed by atoms with Gasteiger partial charge < -0.3 is 10.1 Å². The highest BCUT2D eigenvalue weighted by atomic mass is 16.1. The summed E-state index contributed by atoms with van der Waals surface area (Å²) in [7, 11) is 0. The minimum absolute atomic E-state index is 0.176. The van der Waals surface area contributed by atoms with Crippen LogP contribution in [0.25, 0.3) is 0 Å². The summed E-state index contributed by atoms with van der Waals surface area (Å²) in [5, 5.41) is 3.38. The molecule has 0 amide bonds. The maximum absolute atomic E-state index is 10.5. The van der Waals surface area contributed by atoms with Crippen LogP contribution in [-0.2, 0) is 4.79 Å². The molecule has 0 aliphatic rings. The van der Waals surface area contributed by atoms with E-state index < -0.39 is 0 Å². The molecule has 0 aliphatic carbocycles. The molecule has 0 bridgehead atoms. The van der Waals surface area contributed by atoms with E-state index in [1.54, 1.807) is 0 Å². The first-order valence-corrected chi connectivity index (χ1v) is 11.9. The largest absolute Gasteiger partial charge is 0.383 e. The van der Waals surface area contributed by atoms with E-state index in [4.69, 9.17) is 0 Å². The van der Waals surface area contributed by atoms with Crippen molar-refractivity contribution < 1.29 is 4.79 Å². The minimum Gasteiger partial charge on any atom is -0.383 e. The number of aldehydes is 1. The molecule has 1 atom stereocenters. The van der Waals surface area contributed by atoms with Crippen LogP contribution in [0.5, 0.6) is 0 Å². The van der Waals surface area contributed by atoms with E-state index in [9.17, 15) is 4.79 Å². The predicted molar refractivity (Wildman–Crippen MR) is 126 cm³/mol. The molecule has 2 heteroatoms. The van der Waals surface area contributed by atoms with Gasteiger partial charge in [-0.2, -0.15) is 0 Å². The molecule has 162 valence electrons. The zero-order valence-corrected chi connectivity index (χ0v) is 18.6. The molecule has 0 saturated heterocycles. The Morgan fingerprint density at radius 3 is 1.61 bits per heavy atom. The van der Waals surface area contributed by atoms with Crippen LogP contribution in [0.1, 0.15) is 116 Å². The van der Waals surface area contributed by atoms with E-state index >= 15 is 0 Å². The van der Waals surface area contributed by atoms with Gasteiger partial charge in [0.25, 0.3) is 0 Å².